The number of halogens is 2. The van der Waals surface area contributed by atoms with Crippen molar-refractivity contribution in [2.24, 2.45) is 0 Å². The number of hydrogen-bond donors (Lipinski definition) is 0. The van der Waals surface area contributed by atoms with E-state index in [9.17, 15) is 0 Å². The Labute approximate surface area is 145 Å². The van der Waals surface area contributed by atoms with Crippen LogP contribution in [0.25, 0.3) is 0 Å². The molecule has 2 heteroatoms. The Morgan fingerprint density at radius 1 is 0.750 bits per heavy atom. The summed E-state index contributed by atoms with van der Waals surface area (Å²) in [7, 11) is 0. The number of hydrogen-bond acceptors (Lipinski definition) is 0. The Bertz CT molecular complexity index is 417. The average molecular weight is 447 g/mol. The van der Waals surface area contributed by atoms with Crippen LogP contribution in [0, 0.1) is 3.57 Å². The van der Waals surface area contributed by atoms with Crippen LogP contribution in [0.3, 0.4) is 0 Å². The van der Waals surface area contributed by atoms with Crippen LogP contribution >= 0.6 is 38.5 Å². The van der Waals surface area contributed by atoms with Crippen LogP contribution in [0.4, 0.5) is 0 Å². The third kappa shape index (κ3) is 3.43. The minimum atomic E-state index is 0.815. The third-order valence-electron chi connectivity index (χ3n) is 5.18. The summed E-state index contributed by atoms with van der Waals surface area (Å²) in [4.78, 5) is 0. The molecular weight excluding hydrogens is 423 g/mol. The monoisotopic (exact) mass is 446 g/mol. The number of benzene rings is 1. The second-order valence-electron chi connectivity index (χ2n) is 6.57. The van der Waals surface area contributed by atoms with Crippen LogP contribution in [0.5, 0.6) is 0 Å². The molecule has 1 aromatic carbocycles. The predicted molar refractivity (Wildman–Crippen MR) is 98.5 cm³/mol. The molecule has 3 rings (SSSR count). The fourth-order valence-electron chi connectivity index (χ4n) is 4.05. The zero-order chi connectivity index (χ0) is 13.9. The standard InChI is InChI=1S/C18H24BrI/c19-15-11-16(13-7-3-1-4-8-13)18(20)17(12-15)14-9-5-2-6-10-14/h11-14H,1-10H2. The first-order valence-electron chi connectivity index (χ1n) is 8.24. The molecule has 0 heterocycles. The van der Waals surface area contributed by atoms with Crippen molar-refractivity contribution >= 4 is 38.5 Å². The molecule has 1 aromatic rings. The first-order valence-corrected chi connectivity index (χ1v) is 10.1. The van der Waals surface area contributed by atoms with Gasteiger partial charge in [0.05, 0.1) is 0 Å². The van der Waals surface area contributed by atoms with E-state index in [1.54, 1.807) is 14.7 Å². The van der Waals surface area contributed by atoms with Gasteiger partial charge in [-0.3, -0.25) is 0 Å². The van der Waals surface area contributed by atoms with Gasteiger partial charge in [0.25, 0.3) is 0 Å². The summed E-state index contributed by atoms with van der Waals surface area (Å²) in [5.74, 6) is 1.63. The summed E-state index contributed by atoms with van der Waals surface area (Å²) in [6.07, 6.45) is 14.2. The minimum absolute atomic E-state index is 0.815. The fraction of sp³-hybridized carbons (Fsp3) is 0.667. The smallest absolute Gasteiger partial charge is 0.0200 e. The van der Waals surface area contributed by atoms with Crippen LogP contribution in [0.1, 0.15) is 87.2 Å². The van der Waals surface area contributed by atoms with E-state index in [1.165, 1.54) is 68.7 Å². The molecule has 2 fully saturated rings. The highest BCUT2D eigenvalue weighted by Gasteiger charge is 2.24. The molecule has 0 bridgehead atoms. The van der Waals surface area contributed by atoms with Gasteiger partial charge in [-0.15, -0.1) is 0 Å². The highest BCUT2D eigenvalue weighted by atomic mass is 127. The van der Waals surface area contributed by atoms with E-state index in [4.69, 9.17) is 0 Å². The van der Waals surface area contributed by atoms with Crippen molar-refractivity contribution in [3.63, 3.8) is 0 Å². The molecule has 0 unspecified atom stereocenters. The van der Waals surface area contributed by atoms with Gasteiger partial charge in [-0.1, -0.05) is 54.5 Å². The molecule has 2 saturated carbocycles. The summed E-state index contributed by atoms with van der Waals surface area (Å²) < 4.78 is 2.89. The second kappa shape index (κ2) is 7.13. The lowest BCUT2D eigenvalue weighted by atomic mass is 9.80. The molecule has 0 N–H and O–H groups in total. The lowest BCUT2D eigenvalue weighted by Gasteiger charge is -2.28. The van der Waals surface area contributed by atoms with E-state index in [0.29, 0.717) is 0 Å². The van der Waals surface area contributed by atoms with Gasteiger partial charge in [0.15, 0.2) is 0 Å². The molecule has 110 valence electrons. The van der Waals surface area contributed by atoms with E-state index in [0.717, 1.165) is 11.8 Å². The van der Waals surface area contributed by atoms with Crippen molar-refractivity contribution in [3.8, 4) is 0 Å². The Balaban J connectivity index is 1.91. The normalized spacial score (nSPS) is 22.1. The van der Waals surface area contributed by atoms with Crippen LogP contribution in [0.2, 0.25) is 0 Å². The van der Waals surface area contributed by atoms with Crippen molar-refractivity contribution in [2.45, 2.75) is 76.0 Å². The predicted octanol–water partition coefficient (Wildman–Crippen LogP) is 7.15. The maximum absolute atomic E-state index is 3.78. The van der Waals surface area contributed by atoms with Crippen LogP contribution in [-0.2, 0) is 0 Å². The SMILES string of the molecule is Brc1cc(C2CCCCC2)c(I)c(C2CCCCC2)c1. The molecule has 0 atom stereocenters. The molecule has 0 saturated heterocycles. The zero-order valence-electron chi connectivity index (χ0n) is 12.1. The first-order chi connectivity index (χ1) is 9.75. The largest absolute Gasteiger partial charge is 0.0533 e. The van der Waals surface area contributed by atoms with Crippen LogP contribution in [0.15, 0.2) is 16.6 Å². The first kappa shape index (κ1) is 15.3. The molecule has 2 aliphatic rings. The Kier molecular flexibility index (Phi) is 5.46. The van der Waals surface area contributed by atoms with E-state index in [-0.39, 0.29) is 0 Å². The molecule has 2 aliphatic carbocycles. The van der Waals surface area contributed by atoms with Gasteiger partial charge < -0.3 is 0 Å². The second-order valence-corrected chi connectivity index (χ2v) is 8.56. The summed E-state index contributed by atoms with van der Waals surface area (Å²) in [6, 6.07) is 4.81. The third-order valence-corrected chi connectivity index (χ3v) is 6.89. The van der Waals surface area contributed by atoms with Gasteiger partial charge in [-0.2, -0.15) is 0 Å². The molecule has 0 radical (unpaired) electrons. The van der Waals surface area contributed by atoms with Crippen LogP contribution in [-0.4, -0.2) is 0 Å². The average Bonchev–Trinajstić information content (AvgIpc) is 2.51. The van der Waals surface area contributed by atoms with E-state index in [2.05, 4.69) is 50.7 Å². The lowest BCUT2D eigenvalue weighted by molar-refractivity contribution is 0.433. The van der Waals surface area contributed by atoms with Crippen molar-refractivity contribution < 1.29 is 0 Å². The van der Waals surface area contributed by atoms with Crippen molar-refractivity contribution in [1.82, 2.24) is 0 Å². The van der Waals surface area contributed by atoms with Gasteiger partial charge in [0.2, 0.25) is 0 Å². The van der Waals surface area contributed by atoms with Gasteiger partial charge in [0.1, 0.15) is 0 Å². The molecule has 0 aromatic heterocycles. The summed E-state index contributed by atoms with van der Waals surface area (Å²) in [6.45, 7) is 0. The Morgan fingerprint density at radius 3 is 1.55 bits per heavy atom. The van der Waals surface area contributed by atoms with Gasteiger partial charge in [-0.05, 0) is 83.4 Å². The lowest BCUT2D eigenvalue weighted by Crippen LogP contribution is -2.11. The van der Waals surface area contributed by atoms with E-state index in [1.807, 2.05) is 0 Å². The molecule has 20 heavy (non-hydrogen) atoms. The van der Waals surface area contributed by atoms with E-state index >= 15 is 0 Å². The molecule has 0 spiro atoms. The minimum Gasteiger partial charge on any atom is -0.0533 e. The topological polar surface area (TPSA) is 0 Å². The molecular formula is C18H24BrI. The Hall–Kier alpha value is 0.430. The van der Waals surface area contributed by atoms with Crippen LogP contribution < -0.4 is 0 Å². The van der Waals surface area contributed by atoms with Gasteiger partial charge >= 0.3 is 0 Å². The van der Waals surface area contributed by atoms with Crippen molar-refractivity contribution in [2.75, 3.05) is 0 Å². The zero-order valence-corrected chi connectivity index (χ0v) is 15.9. The maximum Gasteiger partial charge on any atom is 0.0200 e. The fourth-order valence-corrected chi connectivity index (χ4v) is 5.74. The quantitative estimate of drug-likeness (QED) is 0.423. The van der Waals surface area contributed by atoms with Crippen molar-refractivity contribution in [1.29, 1.82) is 0 Å². The van der Waals surface area contributed by atoms with Crippen molar-refractivity contribution in [3.05, 3.63) is 31.3 Å². The maximum atomic E-state index is 3.78. The highest BCUT2D eigenvalue weighted by Crippen LogP contribution is 2.42. The summed E-state index contributed by atoms with van der Waals surface area (Å²) in [5, 5.41) is 0. The molecule has 0 amide bonds. The van der Waals surface area contributed by atoms with Gasteiger partial charge in [-0.25, -0.2) is 0 Å². The molecule has 0 aliphatic heterocycles. The molecule has 0 nitrogen and oxygen atoms in total. The highest BCUT2D eigenvalue weighted by molar-refractivity contribution is 14.1. The van der Waals surface area contributed by atoms with Gasteiger partial charge in [0, 0.05) is 8.04 Å². The van der Waals surface area contributed by atoms with E-state index < -0.39 is 0 Å². The number of rotatable bonds is 2. The summed E-state index contributed by atoms with van der Waals surface area (Å²) in [5.41, 5.74) is 3.28. The Morgan fingerprint density at radius 2 is 1.15 bits per heavy atom. The summed E-state index contributed by atoms with van der Waals surface area (Å²) >= 11 is 6.42.